The van der Waals surface area contributed by atoms with Crippen molar-refractivity contribution in [3.8, 4) is 11.5 Å². The van der Waals surface area contributed by atoms with Crippen LogP contribution in [0.3, 0.4) is 0 Å². The summed E-state index contributed by atoms with van der Waals surface area (Å²) < 4.78 is 20.5. The van der Waals surface area contributed by atoms with Gasteiger partial charge in [-0.25, -0.2) is 4.79 Å². The summed E-state index contributed by atoms with van der Waals surface area (Å²) in [6, 6.07) is 13.7. The molecule has 0 heterocycles. The van der Waals surface area contributed by atoms with Gasteiger partial charge in [0.05, 0.1) is 19.3 Å². The van der Waals surface area contributed by atoms with E-state index in [2.05, 4.69) is 17.9 Å². The normalized spacial score (nSPS) is 10.0. The van der Waals surface area contributed by atoms with E-state index >= 15 is 0 Å². The Labute approximate surface area is 191 Å². The van der Waals surface area contributed by atoms with E-state index < -0.39 is 11.9 Å². The zero-order chi connectivity index (χ0) is 23.3. The second kappa shape index (κ2) is 13.0. The Kier molecular flexibility index (Phi) is 10.1. The van der Waals surface area contributed by atoms with Gasteiger partial charge in [0.15, 0.2) is 0 Å². The summed E-state index contributed by atoms with van der Waals surface area (Å²) >= 11 is 1.09. The third-order valence-electron chi connectivity index (χ3n) is 3.85. The van der Waals surface area contributed by atoms with Crippen LogP contribution in [-0.2, 0) is 19.1 Å². The van der Waals surface area contributed by atoms with Crippen LogP contribution in [0.4, 0.5) is 0 Å². The highest BCUT2D eigenvalue weighted by Gasteiger charge is 2.09. The molecule has 32 heavy (non-hydrogen) atoms. The molecule has 0 amide bonds. The minimum absolute atomic E-state index is 0.0991. The molecule has 0 aliphatic carbocycles. The van der Waals surface area contributed by atoms with Gasteiger partial charge in [-0.15, -0.1) is 0 Å². The lowest BCUT2D eigenvalue weighted by atomic mass is 10.2. The number of esters is 2. The summed E-state index contributed by atoms with van der Waals surface area (Å²) in [5, 5.41) is -0.119. The highest BCUT2D eigenvalue weighted by Crippen LogP contribution is 2.26. The lowest BCUT2D eigenvalue weighted by molar-refractivity contribution is -0.140. The van der Waals surface area contributed by atoms with Gasteiger partial charge >= 0.3 is 11.9 Å². The fourth-order valence-corrected chi connectivity index (χ4v) is 3.02. The molecule has 0 saturated carbocycles. The highest BCUT2D eigenvalue weighted by atomic mass is 32.2. The van der Waals surface area contributed by atoms with Gasteiger partial charge in [0.25, 0.3) is 0 Å². The predicted molar refractivity (Wildman–Crippen MR) is 121 cm³/mol. The van der Waals surface area contributed by atoms with E-state index in [0.717, 1.165) is 22.9 Å². The van der Waals surface area contributed by atoms with Gasteiger partial charge in [-0.05, 0) is 67.2 Å². The van der Waals surface area contributed by atoms with Crippen molar-refractivity contribution in [1.82, 2.24) is 0 Å². The molecule has 0 aliphatic rings. The maximum absolute atomic E-state index is 12.5. The first kappa shape index (κ1) is 24.7. The Morgan fingerprint density at radius 1 is 0.906 bits per heavy atom. The molecule has 7 nitrogen and oxygen atoms in total. The van der Waals surface area contributed by atoms with Crippen LogP contribution in [0.25, 0.3) is 0 Å². The molecule has 0 aliphatic heterocycles. The van der Waals surface area contributed by atoms with Gasteiger partial charge in [-0.2, -0.15) is 0 Å². The van der Waals surface area contributed by atoms with Crippen LogP contribution in [0, 0.1) is 0 Å². The van der Waals surface area contributed by atoms with Crippen LogP contribution in [0.2, 0.25) is 0 Å². The highest BCUT2D eigenvalue weighted by molar-refractivity contribution is 8.14. The number of thioether (sulfide) groups is 1. The monoisotopic (exact) mass is 456 g/mol. The third kappa shape index (κ3) is 8.69. The standard InChI is InChI=1S/C24H24O7S/c1-4-28-22(25)13-14-29-19-7-5-18(6-8-19)24(27)32-21-11-9-20(10-12-21)30-15-16-31-23(26)17(2)3/h4-12H,1-2,13-16H2,3H3. The van der Waals surface area contributed by atoms with E-state index in [0.29, 0.717) is 22.6 Å². The number of ether oxygens (including phenoxy) is 4. The van der Waals surface area contributed by atoms with Crippen molar-refractivity contribution in [3.63, 3.8) is 0 Å². The molecule has 0 N–H and O–H groups in total. The third-order valence-corrected chi connectivity index (χ3v) is 4.78. The molecule has 8 heteroatoms. The van der Waals surface area contributed by atoms with E-state index in [1.54, 1.807) is 55.5 Å². The van der Waals surface area contributed by atoms with Gasteiger partial charge in [0, 0.05) is 16.0 Å². The number of hydrogen-bond donors (Lipinski definition) is 0. The topological polar surface area (TPSA) is 88.1 Å². The van der Waals surface area contributed by atoms with Crippen molar-refractivity contribution in [2.75, 3.05) is 19.8 Å². The molecule has 0 aromatic heterocycles. The first-order valence-electron chi connectivity index (χ1n) is 9.70. The zero-order valence-electron chi connectivity index (χ0n) is 17.7. The predicted octanol–water partition coefficient (Wildman–Crippen LogP) is 4.57. The van der Waals surface area contributed by atoms with Gasteiger partial charge in [-0.1, -0.05) is 13.2 Å². The lowest BCUT2D eigenvalue weighted by Gasteiger charge is -2.08. The maximum Gasteiger partial charge on any atom is 0.333 e. The summed E-state index contributed by atoms with van der Waals surface area (Å²) in [7, 11) is 0. The summed E-state index contributed by atoms with van der Waals surface area (Å²) in [5.74, 6) is 0.275. The van der Waals surface area contributed by atoms with Crippen molar-refractivity contribution in [2.45, 2.75) is 18.2 Å². The van der Waals surface area contributed by atoms with E-state index in [-0.39, 0.29) is 31.4 Å². The minimum atomic E-state index is -0.452. The fourth-order valence-electron chi connectivity index (χ4n) is 2.28. The van der Waals surface area contributed by atoms with Crippen molar-refractivity contribution < 1.29 is 33.3 Å². The second-order valence-electron chi connectivity index (χ2n) is 6.41. The Balaban J connectivity index is 1.77. The smallest absolute Gasteiger partial charge is 0.333 e. The summed E-state index contributed by atoms with van der Waals surface area (Å²) in [6.07, 6.45) is 1.17. The van der Waals surface area contributed by atoms with E-state index in [4.69, 9.17) is 14.2 Å². The summed E-state index contributed by atoms with van der Waals surface area (Å²) in [6.45, 7) is 8.90. The van der Waals surface area contributed by atoms with Crippen molar-refractivity contribution >= 4 is 28.8 Å². The number of hydrogen-bond acceptors (Lipinski definition) is 8. The largest absolute Gasteiger partial charge is 0.493 e. The maximum atomic E-state index is 12.5. The minimum Gasteiger partial charge on any atom is -0.493 e. The van der Waals surface area contributed by atoms with E-state index in [1.165, 1.54) is 0 Å². The molecule has 0 radical (unpaired) electrons. The molecule has 0 unspecified atom stereocenters. The van der Waals surface area contributed by atoms with Crippen molar-refractivity contribution in [1.29, 1.82) is 0 Å². The first-order chi connectivity index (χ1) is 15.4. The van der Waals surface area contributed by atoms with Gasteiger partial charge in [-0.3, -0.25) is 9.59 Å². The fraction of sp³-hybridized carbons (Fsp3) is 0.208. The molecule has 0 fully saturated rings. The molecule has 2 rings (SSSR count). The van der Waals surface area contributed by atoms with Gasteiger partial charge in [0.1, 0.15) is 24.7 Å². The number of benzene rings is 2. The summed E-state index contributed by atoms with van der Waals surface area (Å²) in [5.41, 5.74) is 0.858. The molecule has 0 spiro atoms. The quantitative estimate of drug-likeness (QED) is 0.151. The van der Waals surface area contributed by atoms with Crippen LogP contribution in [0.5, 0.6) is 11.5 Å². The van der Waals surface area contributed by atoms with Gasteiger partial charge < -0.3 is 18.9 Å². The molecular formula is C24H24O7S. The zero-order valence-corrected chi connectivity index (χ0v) is 18.5. The summed E-state index contributed by atoms with van der Waals surface area (Å²) in [4.78, 5) is 35.8. The SMILES string of the molecule is C=COC(=O)CCOc1ccc(C(=O)Sc2ccc(OCCOC(=O)C(=C)C)cc2)cc1. The molecular weight excluding hydrogens is 432 g/mol. The van der Waals surface area contributed by atoms with Crippen LogP contribution in [0.15, 0.2) is 78.4 Å². The average molecular weight is 457 g/mol. The van der Waals surface area contributed by atoms with Crippen molar-refractivity contribution in [2.24, 2.45) is 0 Å². The first-order valence-corrected chi connectivity index (χ1v) is 10.5. The lowest BCUT2D eigenvalue weighted by Crippen LogP contribution is -2.12. The Morgan fingerprint density at radius 3 is 2.09 bits per heavy atom. The number of carbonyl (C=O) groups is 3. The molecule has 0 atom stereocenters. The Morgan fingerprint density at radius 2 is 1.50 bits per heavy atom. The Bertz CT molecular complexity index is 949. The van der Waals surface area contributed by atoms with Crippen LogP contribution in [-0.4, -0.2) is 36.9 Å². The second-order valence-corrected chi connectivity index (χ2v) is 7.45. The molecule has 0 saturated heterocycles. The molecule has 0 bridgehead atoms. The molecule has 168 valence electrons. The Hall–Kier alpha value is -3.52. The molecule has 2 aromatic rings. The van der Waals surface area contributed by atoms with Crippen LogP contribution in [0.1, 0.15) is 23.7 Å². The van der Waals surface area contributed by atoms with Crippen LogP contribution < -0.4 is 9.47 Å². The number of rotatable bonds is 12. The number of carbonyl (C=O) groups excluding carboxylic acids is 3. The van der Waals surface area contributed by atoms with E-state index in [1.807, 2.05) is 0 Å². The van der Waals surface area contributed by atoms with Gasteiger partial charge in [0.2, 0.25) is 5.12 Å². The van der Waals surface area contributed by atoms with Crippen LogP contribution >= 0.6 is 11.8 Å². The average Bonchev–Trinajstić information content (AvgIpc) is 2.78. The van der Waals surface area contributed by atoms with Crippen molar-refractivity contribution in [3.05, 3.63) is 79.1 Å². The molecule has 2 aromatic carbocycles. The van der Waals surface area contributed by atoms with E-state index in [9.17, 15) is 14.4 Å².